The first-order valence-electron chi connectivity index (χ1n) is 7.36. The number of hydrogen-bond donors (Lipinski definition) is 2. The van der Waals surface area contributed by atoms with Gasteiger partial charge in [-0.1, -0.05) is 23.2 Å². The zero-order chi connectivity index (χ0) is 17.7. The van der Waals surface area contributed by atoms with Gasteiger partial charge in [-0.3, -0.25) is 4.79 Å². The van der Waals surface area contributed by atoms with E-state index in [1.807, 2.05) is 25.9 Å². The summed E-state index contributed by atoms with van der Waals surface area (Å²) in [4.78, 5) is 23.0. The molecule has 0 spiro atoms. The van der Waals surface area contributed by atoms with E-state index < -0.39 is 0 Å². The number of anilines is 2. The fourth-order valence-electron chi connectivity index (χ4n) is 1.93. The highest BCUT2D eigenvalue weighted by Crippen LogP contribution is 2.25. The Balaban J connectivity index is 2.12. The van der Waals surface area contributed by atoms with E-state index in [2.05, 4.69) is 20.6 Å². The second-order valence-electron chi connectivity index (χ2n) is 5.53. The van der Waals surface area contributed by atoms with Crippen molar-refractivity contribution in [1.29, 1.82) is 0 Å². The predicted octanol–water partition coefficient (Wildman–Crippen LogP) is 3.32. The molecule has 2 rings (SSSR count). The normalized spacial score (nSPS) is 10.8. The molecule has 2 aromatic rings. The van der Waals surface area contributed by atoms with E-state index in [-0.39, 0.29) is 11.6 Å². The molecule has 0 saturated heterocycles. The average Bonchev–Trinajstić information content (AvgIpc) is 2.49. The Labute approximate surface area is 151 Å². The van der Waals surface area contributed by atoms with Gasteiger partial charge in [-0.15, -0.1) is 0 Å². The van der Waals surface area contributed by atoms with Crippen molar-refractivity contribution < 1.29 is 4.79 Å². The number of rotatable bonds is 6. The Morgan fingerprint density at radius 1 is 1.21 bits per heavy atom. The maximum Gasteiger partial charge on any atom is 0.274 e. The predicted molar refractivity (Wildman–Crippen MR) is 98.2 cm³/mol. The number of carbonyl (C=O) groups is 1. The van der Waals surface area contributed by atoms with Gasteiger partial charge >= 0.3 is 0 Å². The van der Waals surface area contributed by atoms with Crippen LogP contribution in [0, 0.1) is 6.92 Å². The minimum Gasteiger partial charge on any atom is -0.353 e. The number of halogens is 2. The van der Waals surface area contributed by atoms with Gasteiger partial charge in [0.1, 0.15) is 5.69 Å². The number of aromatic nitrogens is 2. The Morgan fingerprint density at radius 3 is 2.62 bits per heavy atom. The molecule has 0 fully saturated rings. The van der Waals surface area contributed by atoms with E-state index in [1.165, 1.54) is 0 Å². The number of likely N-dealkylation sites (N-methyl/N-ethyl adjacent to an activating group) is 1. The van der Waals surface area contributed by atoms with E-state index in [0.29, 0.717) is 33.9 Å². The Bertz CT molecular complexity index is 736. The molecule has 1 amide bonds. The smallest absolute Gasteiger partial charge is 0.274 e. The second-order valence-corrected chi connectivity index (χ2v) is 6.37. The summed E-state index contributed by atoms with van der Waals surface area (Å²) in [5.74, 6) is 0.0598. The molecule has 0 saturated carbocycles. The number of benzene rings is 1. The lowest BCUT2D eigenvalue weighted by Crippen LogP contribution is -2.22. The summed E-state index contributed by atoms with van der Waals surface area (Å²) in [6.45, 7) is 3.32. The highest BCUT2D eigenvalue weighted by molar-refractivity contribution is 6.36. The van der Waals surface area contributed by atoms with Crippen LogP contribution in [0.1, 0.15) is 16.2 Å². The molecule has 1 aromatic heterocycles. The van der Waals surface area contributed by atoms with Crippen LogP contribution in [-0.2, 0) is 0 Å². The molecule has 1 heterocycles. The monoisotopic (exact) mass is 367 g/mol. The quantitative estimate of drug-likeness (QED) is 0.819. The minimum absolute atomic E-state index is 0.265. The van der Waals surface area contributed by atoms with Crippen molar-refractivity contribution in [1.82, 2.24) is 14.9 Å². The molecule has 1 aromatic carbocycles. The standard InChI is InChI=1S/C16H19Cl2N5O/c1-10-8-14(22-16(20-10)19-6-7-23(2)3)15(24)21-13-5-4-11(17)9-12(13)18/h4-5,8-9H,6-7H2,1-3H3,(H,21,24)(H,19,20,22). The van der Waals surface area contributed by atoms with Gasteiger partial charge in [-0.25, -0.2) is 9.97 Å². The number of carbonyl (C=O) groups excluding carboxylic acids is 1. The third kappa shape index (κ3) is 5.33. The van der Waals surface area contributed by atoms with Gasteiger partial charge in [-0.2, -0.15) is 0 Å². The van der Waals surface area contributed by atoms with Gasteiger partial charge in [0.05, 0.1) is 10.7 Å². The lowest BCUT2D eigenvalue weighted by atomic mass is 10.3. The summed E-state index contributed by atoms with van der Waals surface area (Å²) in [6, 6.07) is 6.49. The van der Waals surface area contributed by atoms with Crippen molar-refractivity contribution in [2.24, 2.45) is 0 Å². The van der Waals surface area contributed by atoms with E-state index in [4.69, 9.17) is 23.2 Å². The molecule has 0 unspecified atom stereocenters. The molecule has 8 heteroatoms. The summed E-state index contributed by atoms with van der Waals surface area (Å²) in [6.07, 6.45) is 0. The maximum atomic E-state index is 12.4. The number of amides is 1. The molecule has 6 nitrogen and oxygen atoms in total. The van der Waals surface area contributed by atoms with Crippen LogP contribution in [0.3, 0.4) is 0 Å². The lowest BCUT2D eigenvalue weighted by molar-refractivity contribution is 0.102. The lowest BCUT2D eigenvalue weighted by Gasteiger charge is -2.12. The molecule has 0 aliphatic rings. The zero-order valence-electron chi connectivity index (χ0n) is 13.7. The van der Waals surface area contributed by atoms with Crippen molar-refractivity contribution in [3.63, 3.8) is 0 Å². The van der Waals surface area contributed by atoms with Crippen molar-refractivity contribution in [2.75, 3.05) is 37.8 Å². The molecule has 0 bridgehead atoms. The highest BCUT2D eigenvalue weighted by Gasteiger charge is 2.12. The van der Waals surface area contributed by atoms with E-state index in [0.717, 1.165) is 6.54 Å². The third-order valence-electron chi connectivity index (χ3n) is 3.11. The van der Waals surface area contributed by atoms with Gasteiger partial charge in [0, 0.05) is 23.8 Å². The van der Waals surface area contributed by atoms with Gasteiger partial charge in [0.15, 0.2) is 0 Å². The SMILES string of the molecule is Cc1cc(C(=O)Nc2ccc(Cl)cc2Cl)nc(NCCN(C)C)n1. The van der Waals surface area contributed by atoms with Crippen LogP contribution >= 0.6 is 23.2 Å². The van der Waals surface area contributed by atoms with E-state index in [1.54, 1.807) is 24.3 Å². The largest absolute Gasteiger partial charge is 0.353 e. The Kier molecular flexibility index (Phi) is 6.36. The summed E-state index contributed by atoms with van der Waals surface area (Å²) in [5, 5.41) is 6.70. The Hall–Kier alpha value is -1.89. The van der Waals surface area contributed by atoms with Gasteiger partial charge in [-0.05, 0) is 45.3 Å². The van der Waals surface area contributed by atoms with Crippen molar-refractivity contribution in [2.45, 2.75) is 6.92 Å². The van der Waals surface area contributed by atoms with Crippen molar-refractivity contribution in [3.05, 3.63) is 45.7 Å². The number of nitrogens with zero attached hydrogens (tertiary/aromatic N) is 3. The van der Waals surface area contributed by atoms with Crippen molar-refractivity contribution >= 4 is 40.7 Å². The summed E-state index contributed by atoms with van der Waals surface area (Å²) in [7, 11) is 3.96. The van der Waals surface area contributed by atoms with Crippen LogP contribution in [0.2, 0.25) is 10.0 Å². The maximum absolute atomic E-state index is 12.4. The summed E-state index contributed by atoms with van der Waals surface area (Å²) in [5.41, 5.74) is 1.44. The average molecular weight is 368 g/mol. The van der Waals surface area contributed by atoms with Gasteiger partial charge in [0.25, 0.3) is 5.91 Å². The molecular weight excluding hydrogens is 349 g/mol. The van der Waals surface area contributed by atoms with E-state index in [9.17, 15) is 4.79 Å². The molecule has 0 aliphatic heterocycles. The molecule has 0 radical (unpaired) electrons. The number of hydrogen-bond acceptors (Lipinski definition) is 5. The molecule has 0 aliphatic carbocycles. The Morgan fingerprint density at radius 2 is 1.96 bits per heavy atom. The van der Waals surface area contributed by atoms with Gasteiger partial charge < -0.3 is 15.5 Å². The summed E-state index contributed by atoms with van der Waals surface area (Å²) >= 11 is 11.9. The number of aryl methyl sites for hydroxylation is 1. The fraction of sp³-hybridized carbons (Fsp3) is 0.312. The fourth-order valence-corrected chi connectivity index (χ4v) is 2.39. The van der Waals surface area contributed by atoms with E-state index >= 15 is 0 Å². The topological polar surface area (TPSA) is 70.2 Å². The first-order chi connectivity index (χ1) is 11.3. The second kappa shape index (κ2) is 8.28. The third-order valence-corrected chi connectivity index (χ3v) is 3.66. The minimum atomic E-state index is -0.361. The van der Waals surface area contributed by atoms with Crippen LogP contribution in [0.5, 0.6) is 0 Å². The molecule has 0 atom stereocenters. The van der Waals surface area contributed by atoms with Crippen LogP contribution in [0.25, 0.3) is 0 Å². The first kappa shape index (κ1) is 18.4. The highest BCUT2D eigenvalue weighted by atomic mass is 35.5. The molecular formula is C16H19Cl2N5O. The van der Waals surface area contributed by atoms with Crippen molar-refractivity contribution in [3.8, 4) is 0 Å². The molecule has 128 valence electrons. The molecule has 2 N–H and O–H groups in total. The van der Waals surface area contributed by atoms with Crippen LogP contribution in [0.15, 0.2) is 24.3 Å². The van der Waals surface area contributed by atoms with Crippen LogP contribution < -0.4 is 10.6 Å². The number of nitrogens with one attached hydrogen (secondary N) is 2. The van der Waals surface area contributed by atoms with Gasteiger partial charge in [0.2, 0.25) is 5.95 Å². The first-order valence-corrected chi connectivity index (χ1v) is 8.11. The summed E-state index contributed by atoms with van der Waals surface area (Å²) < 4.78 is 0. The zero-order valence-corrected chi connectivity index (χ0v) is 15.2. The molecule has 24 heavy (non-hydrogen) atoms. The van der Waals surface area contributed by atoms with Crippen LogP contribution in [0.4, 0.5) is 11.6 Å². The van der Waals surface area contributed by atoms with Crippen LogP contribution in [-0.4, -0.2) is 48.0 Å².